The lowest BCUT2D eigenvalue weighted by molar-refractivity contribution is -0.122. The Hall–Kier alpha value is -2.53. The topological polar surface area (TPSA) is 52.6 Å². The first-order valence-electron chi connectivity index (χ1n) is 9.66. The molecule has 1 heterocycles. The number of hydrogen-bond donors (Lipinski definition) is 1. The zero-order valence-electron chi connectivity index (χ0n) is 16.5. The summed E-state index contributed by atoms with van der Waals surface area (Å²) in [4.78, 5) is 29.2. The number of halogens is 1. The first-order valence-corrected chi connectivity index (χ1v) is 10.0. The monoisotopic (exact) mass is 399 g/mol. The van der Waals surface area contributed by atoms with Gasteiger partial charge in [0.15, 0.2) is 0 Å². The van der Waals surface area contributed by atoms with Gasteiger partial charge in [0.05, 0.1) is 16.6 Å². The maximum Gasteiger partial charge on any atom is 0.229 e. The summed E-state index contributed by atoms with van der Waals surface area (Å²) in [5.41, 5.74) is 3.62. The van der Waals surface area contributed by atoms with Crippen LogP contribution >= 0.6 is 11.6 Å². The molecule has 1 N–H and O–H groups in total. The summed E-state index contributed by atoms with van der Waals surface area (Å²) in [6.45, 7) is 8.50. The van der Waals surface area contributed by atoms with Crippen LogP contribution in [0.3, 0.4) is 0 Å². The fourth-order valence-corrected chi connectivity index (χ4v) is 3.82. The minimum absolute atomic E-state index is 0.0296. The van der Waals surface area contributed by atoms with E-state index in [2.05, 4.69) is 30.1 Å². The predicted molar refractivity (Wildman–Crippen MR) is 115 cm³/mol. The molecule has 0 saturated carbocycles. The van der Waals surface area contributed by atoms with Crippen LogP contribution in [0.15, 0.2) is 42.5 Å². The van der Waals surface area contributed by atoms with Crippen LogP contribution in [0.25, 0.3) is 0 Å². The second kappa shape index (κ2) is 8.65. The Balaban J connectivity index is 1.74. The van der Waals surface area contributed by atoms with Gasteiger partial charge in [0, 0.05) is 37.4 Å². The van der Waals surface area contributed by atoms with Gasteiger partial charge in [-0.25, -0.2) is 0 Å². The molecule has 148 valence electrons. The Kier molecular flexibility index (Phi) is 6.25. The van der Waals surface area contributed by atoms with Crippen LogP contribution in [0.2, 0.25) is 5.02 Å². The lowest BCUT2D eigenvalue weighted by Gasteiger charge is -2.24. The van der Waals surface area contributed by atoms with E-state index in [0.29, 0.717) is 17.3 Å². The Labute approximate surface area is 171 Å². The molecule has 6 heteroatoms. The minimum Gasteiger partial charge on any atom is -0.372 e. The number of aryl methyl sites for hydroxylation is 1. The van der Waals surface area contributed by atoms with Gasteiger partial charge in [-0.05, 0) is 56.7 Å². The van der Waals surface area contributed by atoms with Crippen molar-refractivity contribution in [2.24, 2.45) is 5.92 Å². The van der Waals surface area contributed by atoms with E-state index >= 15 is 0 Å². The van der Waals surface area contributed by atoms with Crippen molar-refractivity contribution in [1.82, 2.24) is 0 Å². The van der Waals surface area contributed by atoms with Gasteiger partial charge in [-0.15, -0.1) is 0 Å². The number of nitrogens with one attached hydrogen (secondary N) is 1. The van der Waals surface area contributed by atoms with Gasteiger partial charge >= 0.3 is 0 Å². The van der Waals surface area contributed by atoms with Crippen LogP contribution in [-0.4, -0.2) is 31.4 Å². The van der Waals surface area contributed by atoms with Crippen LogP contribution in [0, 0.1) is 12.8 Å². The minimum atomic E-state index is -0.398. The summed E-state index contributed by atoms with van der Waals surface area (Å²) in [5, 5.41) is 3.33. The Bertz CT molecular complexity index is 880. The first kappa shape index (κ1) is 20.2. The Morgan fingerprint density at radius 3 is 2.57 bits per heavy atom. The standard InChI is InChI=1S/C22H26ClN3O2/c1-4-25(5-2)17-10-11-20(15(3)12-17)26-14-16(13-21(26)27)22(28)24-19-9-7-6-8-18(19)23/h6-12,16H,4-5,13-14H2,1-3H3,(H,24,28). The SMILES string of the molecule is CCN(CC)c1ccc(N2CC(C(=O)Nc3ccccc3Cl)CC2=O)c(C)c1. The van der Waals surface area contributed by atoms with E-state index in [4.69, 9.17) is 11.6 Å². The van der Waals surface area contributed by atoms with Crippen LogP contribution < -0.4 is 15.1 Å². The van der Waals surface area contributed by atoms with E-state index in [-0.39, 0.29) is 18.2 Å². The highest BCUT2D eigenvalue weighted by atomic mass is 35.5. The van der Waals surface area contributed by atoms with Gasteiger partial charge in [-0.3, -0.25) is 9.59 Å². The summed E-state index contributed by atoms with van der Waals surface area (Å²) in [5.74, 6) is -0.606. The number of amides is 2. The molecule has 1 atom stereocenters. The highest BCUT2D eigenvalue weighted by Crippen LogP contribution is 2.31. The number of carbonyl (C=O) groups excluding carboxylic acids is 2. The molecule has 1 fully saturated rings. The molecular formula is C22H26ClN3O2. The second-order valence-electron chi connectivity index (χ2n) is 7.02. The fraction of sp³-hybridized carbons (Fsp3) is 0.364. The van der Waals surface area contributed by atoms with Crippen molar-refractivity contribution in [1.29, 1.82) is 0 Å². The Morgan fingerprint density at radius 2 is 1.93 bits per heavy atom. The molecule has 0 radical (unpaired) electrons. The molecule has 0 spiro atoms. The maximum atomic E-state index is 12.6. The quantitative estimate of drug-likeness (QED) is 0.778. The third kappa shape index (κ3) is 4.14. The van der Waals surface area contributed by atoms with Gasteiger partial charge in [0.2, 0.25) is 11.8 Å². The third-order valence-corrected chi connectivity index (χ3v) is 5.56. The van der Waals surface area contributed by atoms with Crippen molar-refractivity contribution >= 4 is 40.5 Å². The van der Waals surface area contributed by atoms with E-state index in [1.54, 1.807) is 17.0 Å². The molecule has 2 aromatic carbocycles. The summed E-state index contributed by atoms with van der Waals surface area (Å²) in [6, 6.07) is 13.2. The molecule has 1 saturated heterocycles. The van der Waals surface area contributed by atoms with Gasteiger partial charge < -0.3 is 15.1 Å². The van der Waals surface area contributed by atoms with Crippen molar-refractivity contribution in [3.05, 3.63) is 53.1 Å². The summed E-state index contributed by atoms with van der Waals surface area (Å²) in [6.07, 6.45) is 0.202. The van der Waals surface area contributed by atoms with Gasteiger partial charge in [0.1, 0.15) is 0 Å². The highest BCUT2D eigenvalue weighted by Gasteiger charge is 2.35. The number of carbonyl (C=O) groups is 2. The smallest absolute Gasteiger partial charge is 0.229 e. The molecule has 2 amide bonds. The molecule has 1 unspecified atom stereocenters. The average molecular weight is 400 g/mol. The molecule has 2 aromatic rings. The van der Waals surface area contributed by atoms with Crippen molar-refractivity contribution in [2.45, 2.75) is 27.2 Å². The molecule has 1 aliphatic heterocycles. The fourth-order valence-electron chi connectivity index (χ4n) is 3.64. The third-order valence-electron chi connectivity index (χ3n) is 5.23. The van der Waals surface area contributed by atoms with Crippen LogP contribution in [-0.2, 0) is 9.59 Å². The first-order chi connectivity index (χ1) is 13.4. The molecule has 0 bridgehead atoms. The van der Waals surface area contributed by atoms with Gasteiger partial charge in [-0.2, -0.15) is 0 Å². The van der Waals surface area contributed by atoms with Crippen molar-refractivity contribution in [2.75, 3.05) is 34.8 Å². The molecule has 0 aromatic heterocycles. The summed E-state index contributed by atoms with van der Waals surface area (Å²) < 4.78 is 0. The number of nitrogens with zero attached hydrogens (tertiary/aromatic N) is 2. The summed E-state index contributed by atoms with van der Waals surface area (Å²) in [7, 11) is 0. The zero-order valence-corrected chi connectivity index (χ0v) is 17.3. The number of benzene rings is 2. The van der Waals surface area contributed by atoms with Crippen LogP contribution in [0.1, 0.15) is 25.8 Å². The van der Waals surface area contributed by atoms with Crippen molar-refractivity contribution in [3.63, 3.8) is 0 Å². The predicted octanol–water partition coefficient (Wildman–Crippen LogP) is 4.49. The number of para-hydroxylation sites is 1. The van der Waals surface area contributed by atoms with Crippen LogP contribution in [0.5, 0.6) is 0 Å². The van der Waals surface area contributed by atoms with Crippen molar-refractivity contribution in [3.8, 4) is 0 Å². The highest BCUT2D eigenvalue weighted by molar-refractivity contribution is 6.33. The van der Waals surface area contributed by atoms with Gasteiger partial charge in [-0.1, -0.05) is 23.7 Å². The zero-order chi connectivity index (χ0) is 20.3. The van der Waals surface area contributed by atoms with E-state index in [1.807, 2.05) is 31.2 Å². The maximum absolute atomic E-state index is 12.6. The van der Waals surface area contributed by atoms with E-state index in [9.17, 15) is 9.59 Å². The van der Waals surface area contributed by atoms with E-state index in [1.165, 1.54) is 0 Å². The van der Waals surface area contributed by atoms with E-state index in [0.717, 1.165) is 30.0 Å². The molecular weight excluding hydrogens is 374 g/mol. The average Bonchev–Trinajstić information content (AvgIpc) is 3.06. The molecule has 0 aliphatic carbocycles. The van der Waals surface area contributed by atoms with E-state index < -0.39 is 5.92 Å². The number of rotatable bonds is 6. The van der Waals surface area contributed by atoms with Crippen LogP contribution in [0.4, 0.5) is 17.1 Å². The number of hydrogen-bond acceptors (Lipinski definition) is 3. The van der Waals surface area contributed by atoms with Gasteiger partial charge in [0.25, 0.3) is 0 Å². The lowest BCUT2D eigenvalue weighted by Crippen LogP contribution is -2.29. The summed E-state index contributed by atoms with van der Waals surface area (Å²) >= 11 is 6.12. The second-order valence-corrected chi connectivity index (χ2v) is 7.42. The number of anilines is 3. The normalized spacial score (nSPS) is 16.4. The molecule has 28 heavy (non-hydrogen) atoms. The molecule has 3 rings (SSSR count). The largest absolute Gasteiger partial charge is 0.372 e. The molecule has 1 aliphatic rings. The molecule has 5 nitrogen and oxygen atoms in total. The van der Waals surface area contributed by atoms with Crippen molar-refractivity contribution < 1.29 is 9.59 Å². The Morgan fingerprint density at radius 1 is 1.21 bits per heavy atom. The lowest BCUT2D eigenvalue weighted by atomic mass is 10.1.